The molecular formula is C18H27N3O2S. The molecule has 5 nitrogen and oxygen atoms in total. The zero-order chi connectivity index (χ0) is 16.6. The van der Waals surface area contributed by atoms with Crippen LogP contribution in [0.4, 0.5) is 0 Å². The van der Waals surface area contributed by atoms with Crippen LogP contribution in [0.3, 0.4) is 0 Å². The third-order valence-electron chi connectivity index (χ3n) is 5.75. The first-order valence-electron chi connectivity index (χ1n) is 9.21. The highest BCUT2D eigenvalue weighted by molar-refractivity contribution is 7.89. The van der Waals surface area contributed by atoms with E-state index in [0.717, 1.165) is 45.4 Å². The van der Waals surface area contributed by atoms with E-state index in [1.165, 1.54) is 24.0 Å². The van der Waals surface area contributed by atoms with Crippen LogP contribution in [0.5, 0.6) is 0 Å². The Labute approximate surface area is 145 Å². The molecule has 2 aliphatic heterocycles. The molecule has 4 rings (SSSR count). The fourth-order valence-electron chi connectivity index (χ4n) is 4.29. The highest BCUT2D eigenvalue weighted by Gasteiger charge is 2.35. The van der Waals surface area contributed by atoms with Crippen molar-refractivity contribution in [2.75, 3.05) is 39.3 Å². The molecule has 24 heavy (non-hydrogen) atoms. The minimum absolute atomic E-state index is 0.375. The van der Waals surface area contributed by atoms with Crippen molar-refractivity contribution in [3.05, 3.63) is 29.3 Å². The highest BCUT2D eigenvalue weighted by atomic mass is 32.2. The van der Waals surface area contributed by atoms with Crippen LogP contribution < -0.4 is 5.32 Å². The molecule has 0 amide bonds. The van der Waals surface area contributed by atoms with Crippen molar-refractivity contribution >= 4 is 10.0 Å². The minimum atomic E-state index is -3.35. The number of aryl methyl sites for hydroxylation is 2. The molecule has 1 N–H and O–H groups in total. The van der Waals surface area contributed by atoms with E-state index in [0.29, 0.717) is 24.0 Å². The van der Waals surface area contributed by atoms with Crippen molar-refractivity contribution in [2.24, 2.45) is 0 Å². The van der Waals surface area contributed by atoms with E-state index in [1.807, 2.05) is 18.2 Å². The third-order valence-corrected chi connectivity index (χ3v) is 7.61. The predicted molar refractivity (Wildman–Crippen MR) is 94.7 cm³/mol. The summed E-state index contributed by atoms with van der Waals surface area (Å²) in [6.07, 6.45) is 5.44. The normalized spacial score (nSPS) is 26.4. The molecule has 2 saturated heterocycles. The van der Waals surface area contributed by atoms with Crippen LogP contribution in [0.15, 0.2) is 23.1 Å². The molecule has 1 aromatic carbocycles. The Bertz CT molecular complexity index is 698. The summed E-state index contributed by atoms with van der Waals surface area (Å²) in [5, 5.41) is 3.36. The second-order valence-electron chi connectivity index (χ2n) is 7.23. The number of fused-ring (bicyclic) bond motifs is 1. The van der Waals surface area contributed by atoms with E-state index < -0.39 is 10.0 Å². The summed E-state index contributed by atoms with van der Waals surface area (Å²) in [5.74, 6) is 0. The SMILES string of the molecule is O=S(=O)(c1ccc2c(c1)CCCC2)N1CCC(N2CCNCC2)C1. The molecule has 2 heterocycles. The quantitative estimate of drug-likeness (QED) is 0.892. The topological polar surface area (TPSA) is 52.7 Å². The maximum Gasteiger partial charge on any atom is 0.243 e. The number of hydrogen-bond acceptors (Lipinski definition) is 4. The molecule has 0 aromatic heterocycles. The van der Waals surface area contributed by atoms with Gasteiger partial charge in [0.05, 0.1) is 4.90 Å². The summed E-state index contributed by atoms with van der Waals surface area (Å²) >= 11 is 0. The Kier molecular flexibility index (Phi) is 4.64. The van der Waals surface area contributed by atoms with Gasteiger partial charge in [0.25, 0.3) is 0 Å². The largest absolute Gasteiger partial charge is 0.314 e. The number of nitrogens with zero attached hydrogens (tertiary/aromatic N) is 2. The summed E-state index contributed by atoms with van der Waals surface area (Å²) in [5.41, 5.74) is 2.57. The summed E-state index contributed by atoms with van der Waals surface area (Å²) < 4.78 is 27.8. The van der Waals surface area contributed by atoms with E-state index in [1.54, 1.807) is 4.31 Å². The number of nitrogens with one attached hydrogen (secondary N) is 1. The smallest absolute Gasteiger partial charge is 0.243 e. The fourth-order valence-corrected chi connectivity index (χ4v) is 5.84. The van der Waals surface area contributed by atoms with Gasteiger partial charge >= 0.3 is 0 Å². The van der Waals surface area contributed by atoms with E-state index in [-0.39, 0.29) is 0 Å². The van der Waals surface area contributed by atoms with Gasteiger partial charge in [-0.2, -0.15) is 4.31 Å². The molecule has 0 spiro atoms. The molecule has 1 aromatic rings. The number of rotatable bonds is 3. The van der Waals surface area contributed by atoms with Gasteiger partial charge in [-0.3, -0.25) is 4.90 Å². The Balaban J connectivity index is 1.51. The molecule has 132 valence electrons. The van der Waals surface area contributed by atoms with Crippen molar-refractivity contribution in [2.45, 2.75) is 43.0 Å². The Morgan fingerprint density at radius 3 is 2.54 bits per heavy atom. The number of benzene rings is 1. The lowest BCUT2D eigenvalue weighted by Crippen LogP contribution is -2.49. The van der Waals surface area contributed by atoms with Gasteiger partial charge in [-0.05, 0) is 55.4 Å². The van der Waals surface area contributed by atoms with Gasteiger partial charge in [0.2, 0.25) is 10.0 Å². The summed E-state index contributed by atoms with van der Waals surface area (Å²) in [6.45, 7) is 5.35. The average molecular weight is 350 g/mol. The number of sulfonamides is 1. The lowest BCUT2D eigenvalue weighted by molar-refractivity contribution is 0.179. The van der Waals surface area contributed by atoms with Crippen LogP contribution in [0.2, 0.25) is 0 Å². The van der Waals surface area contributed by atoms with Gasteiger partial charge in [-0.15, -0.1) is 0 Å². The fraction of sp³-hybridized carbons (Fsp3) is 0.667. The van der Waals surface area contributed by atoms with Crippen molar-refractivity contribution in [1.82, 2.24) is 14.5 Å². The molecule has 1 unspecified atom stereocenters. The Hall–Kier alpha value is -0.950. The first-order valence-corrected chi connectivity index (χ1v) is 10.7. The summed E-state index contributed by atoms with van der Waals surface area (Å²) in [6, 6.07) is 6.16. The van der Waals surface area contributed by atoms with E-state index >= 15 is 0 Å². The average Bonchev–Trinajstić information content (AvgIpc) is 3.13. The van der Waals surface area contributed by atoms with Crippen molar-refractivity contribution in [1.29, 1.82) is 0 Å². The van der Waals surface area contributed by atoms with Crippen molar-refractivity contribution in [3.8, 4) is 0 Å². The molecule has 0 bridgehead atoms. The van der Waals surface area contributed by atoms with Gasteiger partial charge in [-0.25, -0.2) is 8.42 Å². The molecule has 0 saturated carbocycles. The number of hydrogen-bond donors (Lipinski definition) is 1. The minimum Gasteiger partial charge on any atom is -0.314 e. The van der Waals surface area contributed by atoms with Gasteiger partial charge in [-0.1, -0.05) is 6.07 Å². The molecule has 0 radical (unpaired) electrons. The van der Waals surface area contributed by atoms with Gasteiger partial charge < -0.3 is 5.32 Å². The van der Waals surface area contributed by atoms with Gasteiger partial charge in [0.15, 0.2) is 0 Å². The lowest BCUT2D eigenvalue weighted by atomic mass is 9.92. The van der Waals surface area contributed by atoms with Crippen LogP contribution in [-0.2, 0) is 22.9 Å². The molecular weight excluding hydrogens is 322 g/mol. The summed E-state index contributed by atoms with van der Waals surface area (Å²) in [7, 11) is -3.35. The first kappa shape index (κ1) is 16.5. The highest BCUT2D eigenvalue weighted by Crippen LogP contribution is 2.28. The van der Waals surface area contributed by atoms with Gasteiger partial charge in [0.1, 0.15) is 0 Å². The van der Waals surface area contributed by atoms with Crippen LogP contribution >= 0.6 is 0 Å². The van der Waals surface area contributed by atoms with Crippen LogP contribution in [0.1, 0.15) is 30.4 Å². The molecule has 1 atom stereocenters. The summed E-state index contributed by atoms with van der Waals surface area (Å²) in [4.78, 5) is 2.93. The third kappa shape index (κ3) is 3.12. The van der Waals surface area contributed by atoms with Crippen molar-refractivity contribution in [3.63, 3.8) is 0 Å². The van der Waals surface area contributed by atoms with E-state index in [9.17, 15) is 8.42 Å². The lowest BCUT2D eigenvalue weighted by Gasteiger charge is -2.32. The maximum absolute atomic E-state index is 13.0. The molecule has 6 heteroatoms. The van der Waals surface area contributed by atoms with Crippen LogP contribution in [0, 0.1) is 0 Å². The number of piperazine rings is 1. The second kappa shape index (κ2) is 6.75. The zero-order valence-corrected chi connectivity index (χ0v) is 15.0. The van der Waals surface area contributed by atoms with Crippen LogP contribution in [0.25, 0.3) is 0 Å². The van der Waals surface area contributed by atoms with E-state index in [2.05, 4.69) is 10.2 Å². The van der Waals surface area contributed by atoms with E-state index in [4.69, 9.17) is 0 Å². The Morgan fingerprint density at radius 1 is 1.00 bits per heavy atom. The second-order valence-corrected chi connectivity index (χ2v) is 9.17. The zero-order valence-electron chi connectivity index (χ0n) is 14.2. The van der Waals surface area contributed by atoms with Crippen LogP contribution in [-0.4, -0.2) is 62.9 Å². The van der Waals surface area contributed by atoms with Gasteiger partial charge in [0, 0.05) is 45.3 Å². The molecule has 3 aliphatic rings. The standard InChI is InChI=1S/C18H27N3O2S/c22-24(23,18-6-5-15-3-1-2-4-16(15)13-18)21-10-7-17(14-21)20-11-8-19-9-12-20/h5-6,13,17,19H,1-4,7-12,14H2. The predicted octanol–water partition coefficient (Wildman–Crippen LogP) is 1.23. The maximum atomic E-state index is 13.0. The van der Waals surface area contributed by atoms with Crippen molar-refractivity contribution < 1.29 is 8.42 Å². The molecule has 2 fully saturated rings. The molecule has 1 aliphatic carbocycles. The monoisotopic (exact) mass is 349 g/mol. The first-order chi connectivity index (χ1) is 11.6. The Morgan fingerprint density at radius 2 is 1.75 bits per heavy atom.